The Balaban J connectivity index is 1.95. The highest BCUT2D eigenvalue weighted by molar-refractivity contribution is 8.14. The highest BCUT2D eigenvalue weighted by Crippen LogP contribution is 2.38. The molecular weight excluding hydrogens is 449 g/mol. The molecule has 0 bridgehead atoms. The van der Waals surface area contributed by atoms with Crippen molar-refractivity contribution in [1.29, 1.82) is 0 Å². The number of aryl methyl sites for hydroxylation is 1. The van der Waals surface area contributed by atoms with Crippen LogP contribution >= 0.6 is 0 Å². The number of nitrogens with zero attached hydrogens (tertiary/aromatic N) is 8. The maximum atomic E-state index is 13.4. The minimum atomic E-state index is -4.55. The number of hydrogen-bond donors (Lipinski definition) is 1. The van der Waals surface area contributed by atoms with Gasteiger partial charge in [0, 0.05) is 32.3 Å². The van der Waals surface area contributed by atoms with Crippen LogP contribution in [0.2, 0.25) is 0 Å². The number of halogens is 3. The van der Waals surface area contributed by atoms with Crippen molar-refractivity contribution in [2.75, 3.05) is 12.0 Å². The van der Waals surface area contributed by atoms with Crippen LogP contribution in [0.25, 0.3) is 34.2 Å². The molecule has 10 nitrogen and oxygen atoms in total. The van der Waals surface area contributed by atoms with Crippen molar-refractivity contribution >= 4 is 20.5 Å². The predicted octanol–water partition coefficient (Wildman–Crippen LogP) is 2.54. The topological polar surface area (TPSA) is 124 Å². The molecule has 4 rings (SSSR count). The van der Waals surface area contributed by atoms with Gasteiger partial charge in [0.25, 0.3) is 0 Å². The van der Waals surface area contributed by atoms with E-state index in [0.29, 0.717) is 5.52 Å². The summed E-state index contributed by atoms with van der Waals surface area (Å²) in [5.41, 5.74) is -0.374. The zero-order chi connectivity index (χ0) is 23.5. The average Bonchev–Trinajstić information content (AvgIpc) is 3.27. The van der Waals surface area contributed by atoms with Crippen molar-refractivity contribution in [2.24, 2.45) is 14.1 Å². The van der Waals surface area contributed by atoms with Gasteiger partial charge in [-0.1, -0.05) is 0 Å². The quantitative estimate of drug-likeness (QED) is 0.485. The number of alkyl halides is 3. The maximum absolute atomic E-state index is 13.4. The third kappa shape index (κ3) is 3.64. The lowest BCUT2D eigenvalue weighted by Crippen LogP contribution is -2.34. The molecule has 0 spiro atoms. The van der Waals surface area contributed by atoms with Gasteiger partial charge in [-0.15, -0.1) is 15.3 Å². The first-order chi connectivity index (χ1) is 14.8. The van der Waals surface area contributed by atoms with Crippen LogP contribution in [-0.4, -0.2) is 60.5 Å². The highest BCUT2D eigenvalue weighted by Gasteiger charge is 2.33. The van der Waals surface area contributed by atoms with Gasteiger partial charge in [0.15, 0.2) is 11.6 Å². The first-order valence-corrected chi connectivity index (χ1v) is 11.8. The molecule has 0 aromatic carbocycles. The van der Waals surface area contributed by atoms with E-state index in [-0.39, 0.29) is 39.3 Å². The van der Waals surface area contributed by atoms with Crippen LogP contribution in [-0.2, 0) is 29.6 Å². The minimum absolute atomic E-state index is 0.00319. The standard InChI is InChI=1S/C18H19F3N8O2S/c1-5-32(4,30,31)13-9-11-15(27-29(3)26-11)23-14(13)17-25-24-16(28(17)2)12-8-10(6-7-22-12)18(19,20)21/h6-9H,5H2,1-4H3,(H,30,31). The van der Waals surface area contributed by atoms with Crippen LogP contribution in [0.3, 0.4) is 0 Å². The lowest BCUT2D eigenvalue weighted by Gasteiger charge is -2.38. The zero-order valence-electron chi connectivity index (χ0n) is 17.5. The summed E-state index contributed by atoms with van der Waals surface area (Å²) in [6.45, 7) is 1.56. The van der Waals surface area contributed by atoms with Gasteiger partial charge in [-0.05, 0) is 25.1 Å². The van der Waals surface area contributed by atoms with Gasteiger partial charge < -0.3 is 4.57 Å². The van der Waals surface area contributed by atoms with Crippen LogP contribution in [0.1, 0.15) is 12.5 Å². The molecule has 4 heterocycles. The van der Waals surface area contributed by atoms with Gasteiger partial charge in [-0.3, -0.25) is 9.54 Å². The Labute approximate surface area is 179 Å². The number of rotatable bonds is 4. The van der Waals surface area contributed by atoms with E-state index in [1.54, 1.807) is 14.0 Å². The smallest absolute Gasteiger partial charge is 0.307 e. The normalized spacial score (nSPS) is 13.9. The SMILES string of the molecule is CCS(C)(=O)(O)c1cc2nn(C)nc2nc1-c1nnc(-c2cc(C(F)(F)F)ccn2)n1C. The van der Waals surface area contributed by atoms with Crippen LogP contribution in [0, 0.1) is 0 Å². The van der Waals surface area contributed by atoms with Crippen molar-refractivity contribution in [1.82, 2.24) is 39.7 Å². The molecule has 4 aromatic rings. The van der Waals surface area contributed by atoms with Crippen molar-refractivity contribution in [3.05, 3.63) is 30.0 Å². The maximum Gasteiger partial charge on any atom is 0.416 e. The Kier molecular flexibility index (Phi) is 4.71. The molecule has 0 unspecified atom stereocenters. The van der Waals surface area contributed by atoms with Crippen LogP contribution in [0.5, 0.6) is 0 Å². The molecule has 0 radical (unpaired) electrons. The number of pyridine rings is 2. The fourth-order valence-corrected chi connectivity index (χ4v) is 4.50. The number of hydrogen-bond acceptors (Lipinski definition) is 7. The average molecular weight is 468 g/mol. The molecule has 170 valence electrons. The molecule has 14 heteroatoms. The van der Waals surface area contributed by atoms with Crippen molar-refractivity contribution < 1.29 is 21.9 Å². The van der Waals surface area contributed by atoms with Gasteiger partial charge in [-0.25, -0.2) is 9.19 Å². The Morgan fingerprint density at radius 2 is 1.81 bits per heavy atom. The van der Waals surface area contributed by atoms with E-state index < -0.39 is 21.1 Å². The van der Waals surface area contributed by atoms with Crippen molar-refractivity contribution in [3.8, 4) is 23.0 Å². The molecule has 0 aliphatic rings. The Morgan fingerprint density at radius 1 is 1.12 bits per heavy atom. The summed E-state index contributed by atoms with van der Waals surface area (Å²) in [5.74, 6) is 0.00881. The van der Waals surface area contributed by atoms with E-state index in [9.17, 15) is 21.9 Å². The molecule has 0 aliphatic heterocycles. The monoisotopic (exact) mass is 468 g/mol. The zero-order valence-corrected chi connectivity index (χ0v) is 18.3. The van der Waals surface area contributed by atoms with Crippen LogP contribution in [0.4, 0.5) is 13.2 Å². The molecule has 0 fully saturated rings. The highest BCUT2D eigenvalue weighted by atomic mass is 32.3. The van der Waals surface area contributed by atoms with Crippen molar-refractivity contribution in [2.45, 2.75) is 18.0 Å². The summed E-state index contributed by atoms with van der Waals surface area (Å²) >= 11 is 0. The second-order valence-electron chi connectivity index (χ2n) is 7.47. The second kappa shape index (κ2) is 6.87. The fraction of sp³-hybridized carbons (Fsp3) is 0.333. The Hall–Kier alpha value is -3.26. The number of fused-ring (bicyclic) bond motifs is 1. The first-order valence-electron chi connectivity index (χ1n) is 9.32. The van der Waals surface area contributed by atoms with Gasteiger partial charge >= 0.3 is 6.18 Å². The lowest BCUT2D eigenvalue weighted by molar-refractivity contribution is -0.137. The van der Waals surface area contributed by atoms with Crippen LogP contribution in [0.15, 0.2) is 29.3 Å². The largest absolute Gasteiger partial charge is 0.416 e. The fourth-order valence-electron chi connectivity index (χ4n) is 3.14. The molecule has 0 saturated carbocycles. The molecule has 0 saturated heterocycles. The van der Waals surface area contributed by atoms with Gasteiger partial charge in [0.1, 0.15) is 16.9 Å². The second-order valence-corrected chi connectivity index (χ2v) is 11.5. The first kappa shape index (κ1) is 22.0. The van der Waals surface area contributed by atoms with E-state index in [4.69, 9.17) is 0 Å². The molecule has 4 aromatic heterocycles. The third-order valence-electron chi connectivity index (χ3n) is 5.09. The van der Waals surface area contributed by atoms with E-state index in [0.717, 1.165) is 18.3 Å². The Bertz CT molecular complexity index is 1420. The summed E-state index contributed by atoms with van der Waals surface area (Å²) < 4.78 is 65.1. The summed E-state index contributed by atoms with van der Waals surface area (Å²) in [6, 6.07) is 3.14. The Morgan fingerprint density at radius 3 is 2.47 bits per heavy atom. The molecular formula is C18H19F3N8O2S. The summed E-state index contributed by atoms with van der Waals surface area (Å²) in [6.07, 6.45) is -2.31. The van der Waals surface area contributed by atoms with E-state index >= 15 is 0 Å². The van der Waals surface area contributed by atoms with Gasteiger partial charge in [0.05, 0.1) is 10.5 Å². The van der Waals surface area contributed by atoms with Crippen LogP contribution < -0.4 is 0 Å². The van der Waals surface area contributed by atoms with Gasteiger partial charge in [0.2, 0.25) is 5.65 Å². The molecule has 0 atom stereocenters. The summed E-state index contributed by atoms with van der Waals surface area (Å²) in [7, 11) is -1.26. The molecule has 0 amide bonds. The number of aromatic nitrogens is 8. The molecule has 32 heavy (non-hydrogen) atoms. The third-order valence-corrected chi connectivity index (χ3v) is 7.88. The predicted molar refractivity (Wildman–Crippen MR) is 110 cm³/mol. The van der Waals surface area contributed by atoms with Crippen molar-refractivity contribution in [3.63, 3.8) is 0 Å². The minimum Gasteiger partial charge on any atom is -0.307 e. The summed E-state index contributed by atoms with van der Waals surface area (Å²) in [4.78, 5) is 9.64. The molecule has 1 N–H and O–H groups in total. The van der Waals surface area contributed by atoms with Gasteiger partial charge in [-0.2, -0.15) is 32.4 Å². The van der Waals surface area contributed by atoms with E-state index in [1.165, 1.54) is 28.7 Å². The molecule has 0 aliphatic carbocycles. The van der Waals surface area contributed by atoms with E-state index in [2.05, 4.69) is 30.4 Å². The summed E-state index contributed by atoms with van der Waals surface area (Å²) in [5, 5.41) is 16.3. The van der Waals surface area contributed by atoms with E-state index in [1.807, 2.05) is 0 Å². The lowest BCUT2D eigenvalue weighted by atomic mass is 10.2.